The van der Waals surface area contributed by atoms with E-state index in [0.717, 1.165) is 37.3 Å². The number of fused-ring (bicyclic) bond motifs is 1. The highest BCUT2D eigenvalue weighted by Gasteiger charge is 2.22. The van der Waals surface area contributed by atoms with Gasteiger partial charge in [-0.2, -0.15) is 0 Å². The largest absolute Gasteiger partial charge is 0.381 e. The Balaban J connectivity index is 0.00000131. The summed E-state index contributed by atoms with van der Waals surface area (Å²) in [5.74, 6) is 0. The van der Waals surface area contributed by atoms with Crippen LogP contribution < -0.4 is 5.32 Å². The highest BCUT2D eigenvalue weighted by Crippen LogP contribution is 2.24. The Morgan fingerprint density at radius 3 is 2.59 bits per heavy atom. The Hall–Kier alpha value is -1.52. The van der Waals surface area contributed by atoms with Crippen LogP contribution in [0.4, 0.5) is 5.69 Å². The van der Waals surface area contributed by atoms with E-state index in [1.807, 2.05) is 30.6 Å². The van der Waals surface area contributed by atoms with E-state index in [2.05, 4.69) is 33.4 Å². The molecule has 3 aromatic rings. The van der Waals surface area contributed by atoms with Crippen molar-refractivity contribution in [1.82, 2.24) is 9.88 Å². The van der Waals surface area contributed by atoms with Crippen LogP contribution in [0, 0.1) is 0 Å². The first-order valence-corrected chi connectivity index (χ1v) is 9.19. The van der Waals surface area contributed by atoms with Crippen LogP contribution in [0.1, 0.15) is 19.4 Å². The van der Waals surface area contributed by atoms with E-state index in [-0.39, 0.29) is 19.8 Å². The number of rotatable bonds is 4. The molecule has 0 saturated carbocycles. The molecule has 1 fully saturated rings. The summed E-state index contributed by atoms with van der Waals surface area (Å²) < 4.78 is 0. The summed E-state index contributed by atoms with van der Waals surface area (Å²) >= 11 is 12.2. The minimum atomic E-state index is 0. The first-order chi connectivity index (χ1) is 12.2. The zero-order valence-corrected chi connectivity index (χ0v) is 16.5. The molecule has 0 spiro atoms. The second-order valence-electron chi connectivity index (χ2n) is 6.58. The van der Waals surface area contributed by atoms with E-state index in [0.29, 0.717) is 16.1 Å². The number of likely N-dealkylation sites (tertiary alicyclic amines) is 1. The van der Waals surface area contributed by atoms with Crippen molar-refractivity contribution >= 4 is 52.1 Å². The minimum Gasteiger partial charge on any atom is -0.381 e. The predicted octanol–water partition coefficient (Wildman–Crippen LogP) is 6.29. The van der Waals surface area contributed by atoms with Gasteiger partial charge in [0.15, 0.2) is 0 Å². The first kappa shape index (κ1) is 21.8. The molecule has 6 heteroatoms. The van der Waals surface area contributed by atoms with Crippen LogP contribution in [-0.4, -0.2) is 29.0 Å². The first-order valence-electron chi connectivity index (χ1n) is 8.43. The lowest BCUT2D eigenvalue weighted by Gasteiger charge is -2.18. The molecule has 2 heterocycles. The Morgan fingerprint density at radius 2 is 1.81 bits per heavy atom. The van der Waals surface area contributed by atoms with Crippen LogP contribution in [0.25, 0.3) is 10.8 Å². The molecule has 4 rings (SSSR count). The SMILES string of the molecule is C.Cl.Clc1cc(Cl)cc(CN2CC[C@@H](Nc3ccc4cnccc4c3)C2)c1. The topological polar surface area (TPSA) is 28.2 Å². The van der Waals surface area contributed by atoms with Crippen molar-refractivity contribution < 1.29 is 0 Å². The van der Waals surface area contributed by atoms with Gasteiger partial charge in [-0.25, -0.2) is 0 Å². The molecule has 0 amide bonds. The Morgan fingerprint density at radius 1 is 1.04 bits per heavy atom. The summed E-state index contributed by atoms with van der Waals surface area (Å²) in [6.07, 6.45) is 4.86. The summed E-state index contributed by atoms with van der Waals surface area (Å²) in [4.78, 5) is 6.60. The normalized spacial score (nSPS) is 16.6. The second kappa shape index (κ2) is 9.61. The van der Waals surface area contributed by atoms with Crippen LogP contribution in [0.5, 0.6) is 0 Å². The number of nitrogens with zero attached hydrogens (tertiary/aromatic N) is 2. The van der Waals surface area contributed by atoms with Crippen molar-refractivity contribution in [3.8, 4) is 0 Å². The quantitative estimate of drug-likeness (QED) is 0.533. The molecule has 144 valence electrons. The smallest absolute Gasteiger partial charge is 0.0424 e. The minimum absolute atomic E-state index is 0. The van der Waals surface area contributed by atoms with Gasteiger partial charge in [-0.3, -0.25) is 9.88 Å². The lowest BCUT2D eigenvalue weighted by molar-refractivity contribution is 0.328. The maximum absolute atomic E-state index is 6.10. The maximum atomic E-state index is 6.10. The van der Waals surface area contributed by atoms with Gasteiger partial charge in [0.1, 0.15) is 0 Å². The Bertz CT molecular complexity index is 880. The predicted molar refractivity (Wildman–Crippen MR) is 119 cm³/mol. The monoisotopic (exact) mass is 423 g/mol. The van der Waals surface area contributed by atoms with Crippen LogP contribution in [0.3, 0.4) is 0 Å². The fourth-order valence-corrected chi connectivity index (χ4v) is 4.03. The molecule has 3 nitrogen and oxygen atoms in total. The van der Waals surface area contributed by atoms with Crippen molar-refractivity contribution in [2.45, 2.75) is 26.4 Å². The number of anilines is 1. The summed E-state index contributed by atoms with van der Waals surface area (Å²) in [7, 11) is 0. The third-order valence-electron chi connectivity index (χ3n) is 4.61. The average Bonchev–Trinajstić information content (AvgIpc) is 3.00. The van der Waals surface area contributed by atoms with Crippen molar-refractivity contribution in [2.24, 2.45) is 0 Å². The molecule has 0 bridgehead atoms. The van der Waals surface area contributed by atoms with Crippen molar-refractivity contribution in [3.63, 3.8) is 0 Å². The van der Waals surface area contributed by atoms with Gasteiger partial charge in [-0.15, -0.1) is 12.4 Å². The Labute approximate surface area is 177 Å². The standard InChI is InChI=1S/C20H19Cl2N3.CH4.ClH/c21-17-7-14(8-18(22)10-17)12-25-6-4-20(13-25)24-19-2-1-16-11-23-5-3-15(16)9-19;;/h1-3,5,7-11,20,24H,4,6,12-13H2;1H4;1H/t20-;;/m1../s1. The summed E-state index contributed by atoms with van der Waals surface area (Å²) in [6, 6.07) is 14.7. The summed E-state index contributed by atoms with van der Waals surface area (Å²) in [5, 5.41) is 7.43. The van der Waals surface area contributed by atoms with Crippen molar-refractivity contribution in [1.29, 1.82) is 0 Å². The second-order valence-corrected chi connectivity index (χ2v) is 7.45. The van der Waals surface area contributed by atoms with Gasteiger partial charge in [0.05, 0.1) is 0 Å². The van der Waals surface area contributed by atoms with Gasteiger partial charge >= 0.3 is 0 Å². The zero-order valence-electron chi connectivity index (χ0n) is 14.2. The van der Waals surface area contributed by atoms with Crippen LogP contribution in [-0.2, 0) is 6.54 Å². The van der Waals surface area contributed by atoms with E-state index >= 15 is 0 Å². The van der Waals surface area contributed by atoms with Gasteiger partial charge in [0.25, 0.3) is 0 Å². The third-order valence-corrected chi connectivity index (χ3v) is 5.05. The molecule has 1 atom stereocenters. The lowest BCUT2D eigenvalue weighted by atomic mass is 10.1. The molecule has 1 aliphatic heterocycles. The fourth-order valence-electron chi connectivity index (χ4n) is 3.46. The lowest BCUT2D eigenvalue weighted by Crippen LogP contribution is -2.25. The fraction of sp³-hybridized carbons (Fsp3) is 0.286. The summed E-state index contributed by atoms with van der Waals surface area (Å²) in [5.41, 5.74) is 2.33. The van der Waals surface area contributed by atoms with Crippen LogP contribution in [0.15, 0.2) is 54.9 Å². The maximum Gasteiger partial charge on any atom is 0.0424 e. The molecule has 1 N–H and O–H groups in total. The van der Waals surface area contributed by atoms with Crippen LogP contribution >= 0.6 is 35.6 Å². The average molecular weight is 425 g/mol. The van der Waals surface area contributed by atoms with Crippen LogP contribution in [0.2, 0.25) is 10.0 Å². The number of halogens is 3. The Kier molecular flexibility index (Phi) is 7.75. The number of hydrogen-bond acceptors (Lipinski definition) is 3. The van der Waals surface area contributed by atoms with Gasteiger partial charge in [0.2, 0.25) is 0 Å². The molecule has 1 aromatic heterocycles. The van der Waals surface area contributed by atoms with Crippen molar-refractivity contribution in [2.75, 3.05) is 18.4 Å². The molecule has 1 aliphatic rings. The van der Waals surface area contributed by atoms with Gasteiger partial charge in [-0.05, 0) is 53.8 Å². The number of nitrogens with one attached hydrogen (secondary N) is 1. The molecule has 0 aliphatic carbocycles. The third kappa shape index (κ3) is 5.49. The summed E-state index contributed by atoms with van der Waals surface area (Å²) in [6.45, 7) is 2.96. The highest BCUT2D eigenvalue weighted by molar-refractivity contribution is 6.34. The van der Waals surface area contributed by atoms with E-state index in [9.17, 15) is 0 Å². The number of aromatic nitrogens is 1. The molecular weight excluding hydrogens is 401 g/mol. The van der Waals surface area contributed by atoms with E-state index in [4.69, 9.17) is 23.2 Å². The molecular formula is C21H24Cl3N3. The van der Waals surface area contributed by atoms with E-state index in [1.54, 1.807) is 6.07 Å². The van der Waals surface area contributed by atoms with Gasteiger partial charge in [-0.1, -0.05) is 36.7 Å². The van der Waals surface area contributed by atoms with E-state index in [1.165, 1.54) is 10.8 Å². The number of hydrogen-bond donors (Lipinski definition) is 1. The van der Waals surface area contributed by atoms with Gasteiger partial charge in [0, 0.05) is 59.2 Å². The highest BCUT2D eigenvalue weighted by atomic mass is 35.5. The zero-order chi connectivity index (χ0) is 17.2. The van der Waals surface area contributed by atoms with Crippen molar-refractivity contribution in [3.05, 3.63) is 70.5 Å². The van der Waals surface area contributed by atoms with Gasteiger partial charge < -0.3 is 5.32 Å². The van der Waals surface area contributed by atoms with E-state index < -0.39 is 0 Å². The number of benzene rings is 2. The molecule has 27 heavy (non-hydrogen) atoms. The molecule has 2 aromatic carbocycles. The molecule has 0 unspecified atom stereocenters. The molecule has 1 saturated heterocycles. The number of pyridine rings is 1. The molecule has 0 radical (unpaired) electrons.